The first kappa shape index (κ1) is 20.8. The summed E-state index contributed by atoms with van der Waals surface area (Å²) in [6.45, 7) is 10.8. The first-order valence-electron chi connectivity index (χ1n) is 10.2. The molecule has 0 saturated carbocycles. The van der Waals surface area contributed by atoms with E-state index in [2.05, 4.69) is 30.4 Å². The van der Waals surface area contributed by atoms with Gasteiger partial charge >= 0.3 is 0 Å². The minimum Gasteiger partial charge on any atom is -0.381 e. The highest BCUT2D eigenvalue weighted by Crippen LogP contribution is 2.25. The predicted octanol–water partition coefficient (Wildman–Crippen LogP) is 3.15. The van der Waals surface area contributed by atoms with Crippen LogP contribution in [0.3, 0.4) is 0 Å². The van der Waals surface area contributed by atoms with Crippen molar-refractivity contribution in [2.75, 3.05) is 32.8 Å². The molecule has 2 aliphatic rings. The molecule has 2 saturated heterocycles. The van der Waals surface area contributed by atoms with Crippen molar-refractivity contribution in [1.29, 1.82) is 0 Å². The minimum atomic E-state index is -3.44. The zero-order valence-corrected chi connectivity index (χ0v) is 17.7. The maximum atomic E-state index is 12.6. The maximum Gasteiger partial charge on any atom is 0.240 e. The third-order valence-corrected chi connectivity index (χ3v) is 7.39. The summed E-state index contributed by atoms with van der Waals surface area (Å²) >= 11 is 0. The van der Waals surface area contributed by atoms with Crippen LogP contribution in [0.15, 0.2) is 29.2 Å². The molecule has 0 aliphatic carbocycles. The summed E-state index contributed by atoms with van der Waals surface area (Å²) in [5.41, 5.74) is 1.16. The first-order chi connectivity index (χ1) is 12.8. The van der Waals surface area contributed by atoms with Gasteiger partial charge in [0.25, 0.3) is 0 Å². The van der Waals surface area contributed by atoms with Crippen LogP contribution in [0.1, 0.15) is 52.0 Å². The number of likely N-dealkylation sites (tertiary alicyclic amines) is 1. The molecule has 1 N–H and O–H groups in total. The van der Waals surface area contributed by atoms with Crippen molar-refractivity contribution in [2.45, 2.75) is 62.8 Å². The lowest BCUT2D eigenvalue weighted by molar-refractivity contribution is 0.0214. The van der Waals surface area contributed by atoms with Crippen LogP contribution in [-0.4, -0.2) is 52.2 Å². The minimum absolute atomic E-state index is 0.0220. The van der Waals surface area contributed by atoms with Gasteiger partial charge < -0.3 is 9.64 Å². The van der Waals surface area contributed by atoms with Crippen molar-refractivity contribution in [3.8, 4) is 0 Å². The largest absolute Gasteiger partial charge is 0.381 e. The normalized spacial score (nSPS) is 21.4. The van der Waals surface area contributed by atoms with Crippen LogP contribution in [-0.2, 0) is 20.2 Å². The van der Waals surface area contributed by atoms with Gasteiger partial charge in [0.1, 0.15) is 0 Å². The third kappa shape index (κ3) is 5.53. The van der Waals surface area contributed by atoms with Gasteiger partial charge in [-0.15, -0.1) is 0 Å². The van der Waals surface area contributed by atoms with Crippen molar-refractivity contribution in [3.05, 3.63) is 29.8 Å². The Labute approximate surface area is 164 Å². The van der Waals surface area contributed by atoms with E-state index in [4.69, 9.17) is 4.74 Å². The van der Waals surface area contributed by atoms with E-state index in [-0.39, 0.29) is 5.41 Å². The smallest absolute Gasteiger partial charge is 0.240 e. The fourth-order valence-corrected chi connectivity index (χ4v) is 5.13. The van der Waals surface area contributed by atoms with Crippen LogP contribution in [0.5, 0.6) is 0 Å². The fourth-order valence-electron chi connectivity index (χ4n) is 4.02. The van der Waals surface area contributed by atoms with E-state index in [1.165, 1.54) is 0 Å². The molecule has 0 aromatic heterocycles. The van der Waals surface area contributed by atoms with Crippen LogP contribution in [0.25, 0.3) is 0 Å². The van der Waals surface area contributed by atoms with Crippen LogP contribution in [0.2, 0.25) is 0 Å². The third-order valence-electron chi connectivity index (χ3n) is 5.95. The SMILES string of the molecule is CC(C)(C)c1ccc(S(=O)(=O)NCC2CCN(C3CCOCC3)CC2)cc1. The Balaban J connectivity index is 1.49. The maximum absolute atomic E-state index is 12.6. The number of hydrogen-bond acceptors (Lipinski definition) is 4. The lowest BCUT2D eigenvalue weighted by Crippen LogP contribution is -2.45. The number of sulfonamides is 1. The molecule has 0 unspecified atom stereocenters. The molecule has 2 fully saturated rings. The molecular weight excluding hydrogens is 360 g/mol. The highest BCUT2D eigenvalue weighted by Gasteiger charge is 2.27. The molecule has 2 heterocycles. The van der Waals surface area contributed by atoms with Crippen molar-refractivity contribution in [1.82, 2.24) is 9.62 Å². The van der Waals surface area contributed by atoms with Crippen LogP contribution >= 0.6 is 0 Å². The van der Waals surface area contributed by atoms with E-state index in [1.807, 2.05) is 12.1 Å². The van der Waals surface area contributed by atoms with Gasteiger partial charge in [-0.1, -0.05) is 32.9 Å². The second-order valence-electron chi connectivity index (χ2n) is 8.95. The Morgan fingerprint density at radius 2 is 1.63 bits per heavy atom. The van der Waals surface area contributed by atoms with Crippen molar-refractivity contribution in [2.24, 2.45) is 5.92 Å². The van der Waals surface area contributed by atoms with Gasteiger partial charge in [0.2, 0.25) is 10.0 Å². The molecule has 2 aliphatic heterocycles. The molecule has 5 nitrogen and oxygen atoms in total. The molecule has 27 heavy (non-hydrogen) atoms. The molecule has 0 spiro atoms. The molecule has 6 heteroatoms. The standard InChI is InChI=1S/C21H34N2O3S/c1-21(2,3)18-4-6-20(7-5-18)27(24,25)22-16-17-8-12-23(13-9-17)19-10-14-26-15-11-19/h4-7,17,19,22H,8-16H2,1-3H3. The van der Waals surface area contributed by atoms with E-state index < -0.39 is 10.0 Å². The average molecular weight is 395 g/mol. The molecule has 0 atom stereocenters. The number of hydrogen-bond donors (Lipinski definition) is 1. The van der Waals surface area contributed by atoms with E-state index in [0.717, 1.165) is 57.6 Å². The van der Waals surface area contributed by atoms with Gasteiger partial charge in [-0.25, -0.2) is 13.1 Å². The Kier molecular flexibility index (Phi) is 6.62. The number of nitrogens with one attached hydrogen (secondary N) is 1. The van der Waals surface area contributed by atoms with Gasteiger partial charge in [0.15, 0.2) is 0 Å². The molecule has 152 valence electrons. The van der Waals surface area contributed by atoms with Crippen molar-refractivity contribution >= 4 is 10.0 Å². The molecule has 0 amide bonds. The van der Waals surface area contributed by atoms with E-state index in [9.17, 15) is 8.42 Å². The molecule has 0 bridgehead atoms. The van der Waals surface area contributed by atoms with Gasteiger partial charge in [-0.3, -0.25) is 0 Å². The lowest BCUT2D eigenvalue weighted by atomic mass is 9.87. The van der Waals surface area contributed by atoms with Gasteiger partial charge in [-0.05, 0) is 67.8 Å². The Hall–Kier alpha value is -0.950. The van der Waals surface area contributed by atoms with Gasteiger partial charge in [0, 0.05) is 25.8 Å². The summed E-state index contributed by atoms with van der Waals surface area (Å²) in [6, 6.07) is 7.92. The summed E-state index contributed by atoms with van der Waals surface area (Å²) in [6.07, 6.45) is 4.37. The molecular formula is C21H34N2O3S. The fraction of sp³-hybridized carbons (Fsp3) is 0.714. The quantitative estimate of drug-likeness (QED) is 0.833. The lowest BCUT2D eigenvalue weighted by Gasteiger charge is -2.39. The molecule has 1 aromatic carbocycles. The number of piperidine rings is 1. The average Bonchev–Trinajstić information content (AvgIpc) is 2.67. The predicted molar refractivity (Wildman–Crippen MR) is 108 cm³/mol. The second-order valence-corrected chi connectivity index (χ2v) is 10.7. The van der Waals surface area contributed by atoms with Gasteiger partial charge in [-0.2, -0.15) is 0 Å². The summed E-state index contributed by atoms with van der Waals surface area (Å²) in [7, 11) is -3.44. The monoisotopic (exact) mass is 394 g/mol. The van der Waals surface area contributed by atoms with Crippen molar-refractivity contribution < 1.29 is 13.2 Å². The van der Waals surface area contributed by atoms with E-state index in [1.54, 1.807) is 12.1 Å². The molecule has 3 rings (SSSR count). The van der Waals surface area contributed by atoms with Crippen LogP contribution < -0.4 is 4.72 Å². The molecule has 0 radical (unpaired) electrons. The summed E-state index contributed by atoms with van der Waals surface area (Å²) in [5, 5.41) is 0. The van der Waals surface area contributed by atoms with E-state index in [0.29, 0.717) is 23.4 Å². The van der Waals surface area contributed by atoms with Gasteiger partial charge in [0.05, 0.1) is 4.90 Å². The zero-order valence-electron chi connectivity index (χ0n) is 16.9. The Morgan fingerprint density at radius 3 is 2.19 bits per heavy atom. The molecule has 1 aromatic rings. The van der Waals surface area contributed by atoms with E-state index >= 15 is 0 Å². The Morgan fingerprint density at radius 1 is 1.04 bits per heavy atom. The topological polar surface area (TPSA) is 58.6 Å². The van der Waals surface area contributed by atoms with Crippen molar-refractivity contribution in [3.63, 3.8) is 0 Å². The van der Waals surface area contributed by atoms with Crippen LogP contribution in [0.4, 0.5) is 0 Å². The second kappa shape index (κ2) is 8.60. The van der Waals surface area contributed by atoms with Crippen LogP contribution in [0, 0.1) is 5.92 Å². The number of rotatable bonds is 5. The number of nitrogens with zero attached hydrogens (tertiary/aromatic N) is 1. The number of benzene rings is 1. The highest BCUT2D eigenvalue weighted by atomic mass is 32.2. The highest BCUT2D eigenvalue weighted by molar-refractivity contribution is 7.89. The summed E-state index contributed by atoms with van der Waals surface area (Å²) in [4.78, 5) is 2.92. The summed E-state index contributed by atoms with van der Waals surface area (Å²) < 4.78 is 33.5. The Bertz CT molecular complexity index is 696. The number of ether oxygens (including phenoxy) is 1. The first-order valence-corrected chi connectivity index (χ1v) is 11.7. The zero-order chi connectivity index (χ0) is 19.5. The summed E-state index contributed by atoms with van der Waals surface area (Å²) in [5.74, 6) is 0.421.